The van der Waals surface area contributed by atoms with E-state index in [0.29, 0.717) is 25.6 Å². The number of carbonyl (C=O) groups is 1. The Bertz CT molecular complexity index is 1090. The van der Waals surface area contributed by atoms with E-state index in [9.17, 15) is 9.59 Å². The number of aromatic nitrogens is 1. The van der Waals surface area contributed by atoms with Gasteiger partial charge in [0.05, 0.1) is 0 Å². The number of anilines is 1. The molecule has 2 atom stereocenters. The summed E-state index contributed by atoms with van der Waals surface area (Å²) in [7, 11) is 0. The van der Waals surface area contributed by atoms with Gasteiger partial charge in [0.25, 0.3) is 5.56 Å². The lowest BCUT2D eigenvalue weighted by Crippen LogP contribution is -2.50. The van der Waals surface area contributed by atoms with Gasteiger partial charge in [0.2, 0.25) is 0 Å². The SMILES string of the molecule is O=C(Nc1ccccc1)N1C[C@@H]2C[C@H](C1)c1c(-c3ccccc3)ccc(=O)n1C2. The molecule has 0 radical (unpaired) electrons. The van der Waals surface area contributed by atoms with E-state index in [1.165, 1.54) is 0 Å². The highest BCUT2D eigenvalue weighted by molar-refractivity contribution is 5.89. The van der Waals surface area contributed by atoms with Crippen molar-refractivity contribution in [3.05, 3.63) is 88.8 Å². The molecule has 5 nitrogen and oxygen atoms in total. The number of fused-ring (bicyclic) bond motifs is 4. The van der Waals surface area contributed by atoms with Gasteiger partial charge in [-0.05, 0) is 36.1 Å². The van der Waals surface area contributed by atoms with E-state index >= 15 is 0 Å². The van der Waals surface area contributed by atoms with Crippen molar-refractivity contribution in [1.82, 2.24) is 9.47 Å². The number of benzene rings is 2. The summed E-state index contributed by atoms with van der Waals surface area (Å²) >= 11 is 0. The maximum Gasteiger partial charge on any atom is 0.321 e. The third-order valence-electron chi connectivity index (χ3n) is 5.99. The van der Waals surface area contributed by atoms with Crippen LogP contribution < -0.4 is 10.9 Å². The molecule has 2 bridgehead atoms. The van der Waals surface area contributed by atoms with Crippen LogP contribution in [0, 0.1) is 5.92 Å². The molecule has 0 saturated carbocycles. The number of likely N-dealkylation sites (tertiary alicyclic amines) is 1. The molecule has 1 saturated heterocycles. The third-order valence-corrected chi connectivity index (χ3v) is 5.99. The molecule has 2 aliphatic rings. The van der Waals surface area contributed by atoms with Crippen LogP contribution in [0.5, 0.6) is 0 Å². The zero-order chi connectivity index (χ0) is 19.8. The van der Waals surface area contributed by atoms with Crippen LogP contribution in [0.4, 0.5) is 10.5 Å². The van der Waals surface area contributed by atoms with Gasteiger partial charge in [-0.1, -0.05) is 48.5 Å². The summed E-state index contributed by atoms with van der Waals surface area (Å²) < 4.78 is 1.94. The zero-order valence-corrected chi connectivity index (χ0v) is 16.1. The molecule has 0 spiro atoms. The molecule has 1 fully saturated rings. The highest BCUT2D eigenvalue weighted by atomic mass is 16.2. The lowest BCUT2D eigenvalue weighted by Gasteiger charge is -2.43. The van der Waals surface area contributed by atoms with Crippen LogP contribution in [0.25, 0.3) is 11.1 Å². The topological polar surface area (TPSA) is 54.3 Å². The average Bonchev–Trinajstić information content (AvgIpc) is 2.75. The minimum Gasteiger partial charge on any atom is -0.324 e. The smallest absolute Gasteiger partial charge is 0.321 e. The van der Waals surface area contributed by atoms with Gasteiger partial charge in [0.1, 0.15) is 0 Å². The number of hydrogen-bond acceptors (Lipinski definition) is 2. The number of amides is 2. The Morgan fingerprint density at radius 1 is 0.862 bits per heavy atom. The van der Waals surface area contributed by atoms with Gasteiger partial charge in [-0.2, -0.15) is 0 Å². The zero-order valence-electron chi connectivity index (χ0n) is 16.1. The number of hydrogen-bond donors (Lipinski definition) is 1. The molecule has 5 heteroatoms. The monoisotopic (exact) mass is 385 g/mol. The van der Waals surface area contributed by atoms with Crippen LogP contribution in [0.1, 0.15) is 18.0 Å². The van der Waals surface area contributed by atoms with E-state index in [4.69, 9.17) is 0 Å². The van der Waals surface area contributed by atoms with Gasteiger partial charge in [-0.25, -0.2) is 4.79 Å². The Balaban J connectivity index is 1.47. The third kappa shape index (κ3) is 3.33. The first-order valence-corrected chi connectivity index (χ1v) is 10.1. The minimum atomic E-state index is -0.0705. The summed E-state index contributed by atoms with van der Waals surface area (Å²) in [5, 5.41) is 3.00. The summed E-state index contributed by atoms with van der Waals surface area (Å²) in [5.74, 6) is 0.458. The Morgan fingerprint density at radius 3 is 2.34 bits per heavy atom. The van der Waals surface area contributed by atoms with Crippen molar-refractivity contribution >= 4 is 11.7 Å². The van der Waals surface area contributed by atoms with Crippen molar-refractivity contribution in [2.75, 3.05) is 18.4 Å². The Labute approximate surface area is 169 Å². The molecule has 3 aromatic rings. The molecule has 0 unspecified atom stereocenters. The second kappa shape index (κ2) is 7.24. The van der Waals surface area contributed by atoms with E-state index in [0.717, 1.165) is 28.9 Å². The first-order valence-electron chi connectivity index (χ1n) is 10.1. The van der Waals surface area contributed by atoms with Crippen molar-refractivity contribution in [1.29, 1.82) is 0 Å². The van der Waals surface area contributed by atoms with Crippen molar-refractivity contribution in [3.63, 3.8) is 0 Å². The van der Waals surface area contributed by atoms with E-state index in [-0.39, 0.29) is 17.5 Å². The molecule has 0 aliphatic carbocycles. The quantitative estimate of drug-likeness (QED) is 0.720. The fraction of sp³-hybridized carbons (Fsp3) is 0.250. The molecule has 3 heterocycles. The molecule has 1 aromatic heterocycles. The van der Waals surface area contributed by atoms with Crippen molar-refractivity contribution in [2.24, 2.45) is 5.92 Å². The maximum atomic E-state index is 12.9. The Hall–Kier alpha value is -3.34. The Morgan fingerprint density at radius 2 is 1.59 bits per heavy atom. The molecule has 5 rings (SSSR count). The highest BCUT2D eigenvalue weighted by Gasteiger charge is 2.37. The van der Waals surface area contributed by atoms with Crippen molar-refractivity contribution in [3.8, 4) is 11.1 Å². The number of piperidine rings is 1. The first-order chi connectivity index (χ1) is 14.2. The van der Waals surface area contributed by atoms with E-state index in [2.05, 4.69) is 17.4 Å². The molecule has 2 amide bonds. The van der Waals surface area contributed by atoms with Crippen LogP contribution in [-0.4, -0.2) is 28.6 Å². The predicted molar refractivity (Wildman–Crippen MR) is 114 cm³/mol. The number of para-hydroxylation sites is 1. The summed E-state index contributed by atoms with van der Waals surface area (Å²) in [6, 6.07) is 23.3. The first kappa shape index (κ1) is 17.7. The van der Waals surface area contributed by atoms with Gasteiger partial charge >= 0.3 is 6.03 Å². The largest absolute Gasteiger partial charge is 0.324 e. The van der Waals surface area contributed by atoms with Crippen LogP contribution in [-0.2, 0) is 6.54 Å². The Kier molecular flexibility index (Phi) is 4.43. The molecule has 2 aliphatic heterocycles. The van der Waals surface area contributed by atoms with Gasteiger partial charge in [0.15, 0.2) is 0 Å². The number of carbonyl (C=O) groups excluding carboxylic acids is 1. The van der Waals surface area contributed by atoms with E-state index < -0.39 is 0 Å². The van der Waals surface area contributed by atoms with Crippen LogP contribution in [0.15, 0.2) is 77.6 Å². The van der Waals surface area contributed by atoms with E-state index in [1.54, 1.807) is 6.07 Å². The molecular weight excluding hydrogens is 362 g/mol. The van der Waals surface area contributed by atoms with Crippen molar-refractivity contribution < 1.29 is 4.79 Å². The van der Waals surface area contributed by atoms with Crippen LogP contribution in [0.2, 0.25) is 0 Å². The fourth-order valence-corrected chi connectivity index (χ4v) is 4.77. The number of nitrogens with zero attached hydrogens (tertiary/aromatic N) is 2. The van der Waals surface area contributed by atoms with E-state index in [1.807, 2.05) is 64.1 Å². The van der Waals surface area contributed by atoms with Gasteiger partial charge in [0, 0.05) is 48.6 Å². The van der Waals surface area contributed by atoms with Gasteiger partial charge < -0.3 is 14.8 Å². The predicted octanol–water partition coefficient (Wildman–Crippen LogP) is 4.17. The minimum absolute atomic E-state index is 0.0524. The summed E-state index contributed by atoms with van der Waals surface area (Å²) in [6.45, 7) is 1.97. The lowest BCUT2D eigenvalue weighted by molar-refractivity contribution is 0.140. The summed E-state index contributed by atoms with van der Waals surface area (Å²) in [6.07, 6.45) is 1.01. The number of rotatable bonds is 2. The molecule has 1 N–H and O–H groups in total. The standard InChI is InChI=1S/C24H23N3O2/c28-22-12-11-21(18-7-3-1-4-8-18)23-19-13-17(15-27(22)23)14-26(16-19)24(29)25-20-9-5-2-6-10-20/h1-12,17,19H,13-16H2,(H,25,29)/t17-,19+/m0/s1. The normalized spacial score (nSPS) is 20.1. The summed E-state index contributed by atoms with van der Waals surface area (Å²) in [5.41, 5.74) is 4.13. The van der Waals surface area contributed by atoms with Crippen LogP contribution in [0.3, 0.4) is 0 Å². The summed E-state index contributed by atoms with van der Waals surface area (Å²) in [4.78, 5) is 27.4. The second-order valence-electron chi connectivity index (χ2n) is 7.95. The maximum absolute atomic E-state index is 12.9. The second-order valence-corrected chi connectivity index (χ2v) is 7.95. The fourth-order valence-electron chi connectivity index (χ4n) is 4.77. The molecule has 146 valence electrons. The molecule has 29 heavy (non-hydrogen) atoms. The van der Waals surface area contributed by atoms with Crippen LogP contribution >= 0.6 is 0 Å². The van der Waals surface area contributed by atoms with Gasteiger partial charge in [-0.3, -0.25) is 4.79 Å². The van der Waals surface area contributed by atoms with Crippen molar-refractivity contribution in [2.45, 2.75) is 18.9 Å². The highest BCUT2D eigenvalue weighted by Crippen LogP contribution is 2.39. The number of urea groups is 1. The average molecular weight is 385 g/mol. The molecular formula is C24H23N3O2. The number of nitrogens with one attached hydrogen (secondary N) is 1. The lowest BCUT2D eigenvalue weighted by atomic mass is 9.80. The van der Waals surface area contributed by atoms with Gasteiger partial charge in [-0.15, -0.1) is 0 Å². The number of pyridine rings is 1. The molecule has 2 aromatic carbocycles.